The first-order valence-corrected chi connectivity index (χ1v) is 8.95. The van der Waals surface area contributed by atoms with Crippen molar-refractivity contribution in [3.63, 3.8) is 0 Å². The lowest BCUT2D eigenvalue weighted by molar-refractivity contribution is -0.385. The van der Waals surface area contributed by atoms with Gasteiger partial charge in [0.05, 0.1) is 10.5 Å². The number of carbonyl (C=O) groups excluding carboxylic acids is 3. The molecule has 0 N–H and O–H groups in total. The van der Waals surface area contributed by atoms with Gasteiger partial charge in [-0.1, -0.05) is 11.6 Å². The maximum Gasteiger partial charge on any atom is 0.338 e. The van der Waals surface area contributed by atoms with Gasteiger partial charge >= 0.3 is 11.7 Å². The van der Waals surface area contributed by atoms with E-state index in [4.69, 9.17) is 21.1 Å². The quantitative estimate of drug-likeness (QED) is 0.401. The third-order valence-corrected chi connectivity index (χ3v) is 4.37. The molecular weight excluding hydrogens is 404 g/mol. The number of carbonyl (C=O) groups is 3. The number of halogens is 1. The second-order valence-corrected chi connectivity index (χ2v) is 6.55. The average Bonchev–Trinajstić information content (AvgIpc) is 3.13. The highest BCUT2D eigenvalue weighted by atomic mass is 35.5. The van der Waals surface area contributed by atoms with Crippen molar-refractivity contribution in [2.75, 3.05) is 13.2 Å². The van der Waals surface area contributed by atoms with E-state index in [1.165, 1.54) is 42.5 Å². The molecule has 0 spiro atoms. The molecule has 0 bridgehead atoms. The largest absolute Gasteiger partial charge is 0.452 e. The van der Waals surface area contributed by atoms with Crippen LogP contribution in [-0.2, 0) is 14.3 Å². The lowest BCUT2D eigenvalue weighted by Crippen LogP contribution is -2.35. The molecule has 9 nitrogen and oxygen atoms in total. The van der Waals surface area contributed by atoms with Crippen molar-refractivity contribution < 1.29 is 28.8 Å². The summed E-state index contributed by atoms with van der Waals surface area (Å²) in [5.74, 6) is -1.32. The third kappa shape index (κ3) is 4.88. The zero-order valence-electron chi connectivity index (χ0n) is 15.0. The molecule has 1 aliphatic rings. The van der Waals surface area contributed by atoms with E-state index >= 15 is 0 Å². The second kappa shape index (κ2) is 8.70. The van der Waals surface area contributed by atoms with Crippen LogP contribution in [0.3, 0.4) is 0 Å². The van der Waals surface area contributed by atoms with Crippen LogP contribution in [0.5, 0.6) is 11.5 Å². The van der Waals surface area contributed by atoms with E-state index in [9.17, 15) is 24.5 Å². The van der Waals surface area contributed by atoms with E-state index in [0.717, 1.165) is 4.90 Å². The Bertz CT molecular complexity index is 975. The van der Waals surface area contributed by atoms with Gasteiger partial charge in [-0.3, -0.25) is 24.6 Å². The van der Waals surface area contributed by atoms with Crippen molar-refractivity contribution in [2.24, 2.45) is 0 Å². The zero-order valence-corrected chi connectivity index (χ0v) is 15.8. The number of benzene rings is 2. The molecule has 0 saturated carbocycles. The van der Waals surface area contributed by atoms with Gasteiger partial charge in [-0.25, -0.2) is 4.79 Å². The number of likely N-dealkylation sites (tertiary alicyclic amines) is 1. The number of hydrogen-bond acceptors (Lipinski definition) is 7. The third-order valence-electron chi connectivity index (χ3n) is 4.14. The number of imide groups is 1. The molecule has 1 aliphatic heterocycles. The van der Waals surface area contributed by atoms with E-state index in [0.29, 0.717) is 19.4 Å². The van der Waals surface area contributed by atoms with Gasteiger partial charge in [0.15, 0.2) is 6.61 Å². The minimum atomic E-state index is -0.742. The Hall–Kier alpha value is -3.46. The van der Waals surface area contributed by atoms with Gasteiger partial charge < -0.3 is 9.47 Å². The van der Waals surface area contributed by atoms with Crippen molar-refractivity contribution in [3.05, 3.63) is 63.2 Å². The minimum absolute atomic E-state index is 0.00407. The van der Waals surface area contributed by atoms with E-state index < -0.39 is 23.4 Å². The molecule has 1 fully saturated rings. The van der Waals surface area contributed by atoms with Crippen LogP contribution in [0.25, 0.3) is 0 Å². The molecule has 2 aromatic carbocycles. The van der Waals surface area contributed by atoms with Gasteiger partial charge in [0.1, 0.15) is 5.75 Å². The van der Waals surface area contributed by atoms with E-state index in [1.807, 2.05) is 0 Å². The van der Waals surface area contributed by atoms with E-state index in [2.05, 4.69) is 0 Å². The van der Waals surface area contributed by atoms with Gasteiger partial charge in [-0.2, -0.15) is 0 Å². The normalized spacial score (nSPS) is 13.3. The van der Waals surface area contributed by atoms with Crippen molar-refractivity contribution in [3.8, 4) is 11.5 Å². The fraction of sp³-hybridized carbons (Fsp3) is 0.211. The number of amides is 2. The number of nitrogens with zero attached hydrogens (tertiary/aromatic N) is 2. The SMILES string of the molecule is O=C(OCC(=O)N1CCCC1=O)c1ccc(Oc2ccc(Cl)cc2[N+](=O)[O-])cc1. The highest BCUT2D eigenvalue weighted by Gasteiger charge is 2.27. The lowest BCUT2D eigenvalue weighted by atomic mass is 10.2. The maximum atomic E-state index is 12.1. The van der Waals surface area contributed by atoms with Crippen LogP contribution in [0.4, 0.5) is 5.69 Å². The number of esters is 1. The smallest absolute Gasteiger partial charge is 0.338 e. The van der Waals surface area contributed by atoms with E-state index in [1.54, 1.807) is 0 Å². The summed E-state index contributed by atoms with van der Waals surface area (Å²) in [6.07, 6.45) is 0.915. The molecule has 0 aromatic heterocycles. The Morgan fingerprint density at radius 2 is 1.90 bits per heavy atom. The summed E-state index contributed by atoms with van der Waals surface area (Å²) in [5, 5.41) is 11.3. The van der Waals surface area contributed by atoms with Gasteiger partial charge in [0.25, 0.3) is 5.91 Å². The van der Waals surface area contributed by atoms with Crippen LogP contribution < -0.4 is 4.74 Å². The first-order chi connectivity index (χ1) is 13.8. The molecule has 2 amide bonds. The first kappa shape index (κ1) is 20.3. The Balaban J connectivity index is 1.61. The van der Waals surface area contributed by atoms with E-state index in [-0.39, 0.29) is 33.7 Å². The van der Waals surface area contributed by atoms with Crippen LogP contribution in [0, 0.1) is 10.1 Å². The molecule has 0 radical (unpaired) electrons. The standard InChI is InChI=1S/C19H15ClN2O7/c20-13-5-8-16(15(10-13)22(26)27)29-14-6-3-12(4-7-14)19(25)28-11-18(24)21-9-1-2-17(21)23/h3-8,10H,1-2,9,11H2. The molecule has 2 aromatic rings. The van der Waals surface area contributed by atoms with Crippen LogP contribution >= 0.6 is 11.6 Å². The number of nitro benzene ring substituents is 1. The van der Waals surface area contributed by atoms with Crippen molar-refractivity contribution in [2.45, 2.75) is 12.8 Å². The molecule has 1 heterocycles. The summed E-state index contributed by atoms with van der Waals surface area (Å²) in [4.78, 5) is 47.0. The molecule has 150 valence electrons. The summed E-state index contributed by atoms with van der Waals surface area (Å²) < 4.78 is 10.4. The highest BCUT2D eigenvalue weighted by molar-refractivity contribution is 6.30. The summed E-state index contributed by atoms with van der Waals surface area (Å²) in [6.45, 7) is -0.197. The Labute approximate surface area is 169 Å². The maximum absolute atomic E-state index is 12.1. The lowest BCUT2D eigenvalue weighted by Gasteiger charge is -2.13. The number of hydrogen-bond donors (Lipinski definition) is 0. The minimum Gasteiger partial charge on any atom is -0.452 e. The molecule has 0 unspecified atom stereocenters. The van der Waals surface area contributed by atoms with Crippen molar-refractivity contribution in [1.82, 2.24) is 4.90 Å². The predicted molar refractivity (Wildman–Crippen MR) is 101 cm³/mol. The van der Waals surface area contributed by atoms with Crippen molar-refractivity contribution in [1.29, 1.82) is 0 Å². The second-order valence-electron chi connectivity index (χ2n) is 6.11. The Morgan fingerprint density at radius 3 is 2.52 bits per heavy atom. The number of ether oxygens (including phenoxy) is 2. The summed E-state index contributed by atoms with van der Waals surface area (Å²) >= 11 is 5.76. The molecular formula is C19H15ClN2O7. The van der Waals surface area contributed by atoms with Crippen molar-refractivity contribution >= 4 is 35.1 Å². The highest BCUT2D eigenvalue weighted by Crippen LogP contribution is 2.33. The molecule has 10 heteroatoms. The Kier molecular flexibility index (Phi) is 6.08. The van der Waals surface area contributed by atoms with Crippen LogP contribution in [0.15, 0.2) is 42.5 Å². The molecule has 29 heavy (non-hydrogen) atoms. The summed E-state index contributed by atoms with van der Waals surface area (Å²) in [5.41, 5.74) is -0.139. The molecule has 0 aliphatic carbocycles. The summed E-state index contributed by atoms with van der Waals surface area (Å²) in [7, 11) is 0. The zero-order chi connectivity index (χ0) is 21.0. The van der Waals surface area contributed by atoms with Crippen LogP contribution in [-0.4, -0.2) is 40.8 Å². The van der Waals surface area contributed by atoms with Gasteiger partial charge in [0.2, 0.25) is 11.7 Å². The number of rotatable bonds is 6. The topological polar surface area (TPSA) is 116 Å². The predicted octanol–water partition coefficient (Wildman–Crippen LogP) is 3.35. The molecule has 3 rings (SSSR count). The van der Waals surface area contributed by atoms with Crippen LogP contribution in [0.1, 0.15) is 23.2 Å². The van der Waals surface area contributed by atoms with Gasteiger partial charge in [-0.05, 0) is 42.8 Å². The average molecular weight is 419 g/mol. The van der Waals surface area contributed by atoms with Gasteiger partial charge in [0, 0.05) is 24.1 Å². The first-order valence-electron chi connectivity index (χ1n) is 8.57. The monoisotopic (exact) mass is 418 g/mol. The fourth-order valence-electron chi connectivity index (χ4n) is 2.71. The summed E-state index contributed by atoms with van der Waals surface area (Å²) in [6, 6.07) is 9.65. The fourth-order valence-corrected chi connectivity index (χ4v) is 2.87. The molecule has 0 atom stereocenters. The van der Waals surface area contributed by atoms with Gasteiger partial charge in [-0.15, -0.1) is 0 Å². The molecule has 1 saturated heterocycles. The number of nitro groups is 1. The van der Waals surface area contributed by atoms with Crippen LogP contribution in [0.2, 0.25) is 5.02 Å². The Morgan fingerprint density at radius 1 is 1.17 bits per heavy atom.